The largest absolute Gasteiger partial charge is 0.491 e. The summed E-state index contributed by atoms with van der Waals surface area (Å²) in [6, 6.07) is 6.31. The molecule has 3 N–H and O–H groups in total. The fourth-order valence-corrected chi connectivity index (χ4v) is 2.01. The van der Waals surface area contributed by atoms with Gasteiger partial charge in [0, 0.05) is 29.6 Å². The Kier molecular flexibility index (Phi) is 1.55. The first-order valence-corrected chi connectivity index (χ1v) is 4.84. The molecule has 14 heavy (non-hydrogen) atoms. The van der Waals surface area contributed by atoms with E-state index >= 15 is 0 Å². The zero-order valence-electron chi connectivity index (χ0n) is 7.79. The van der Waals surface area contributed by atoms with E-state index in [-0.39, 0.29) is 6.04 Å². The lowest BCUT2D eigenvalue weighted by atomic mass is 10.00. The van der Waals surface area contributed by atoms with E-state index in [0.717, 1.165) is 23.3 Å². The number of ether oxygens (including phenoxy) is 1. The van der Waals surface area contributed by atoms with Crippen LogP contribution in [0, 0.1) is 0 Å². The third-order valence-electron chi connectivity index (χ3n) is 2.79. The van der Waals surface area contributed by atoms with Crippen molar-refractivity contribution in [3.05, 3.63) is 30.0 Å². The molecular weight excluding hydrogens is 176 g/mol. The standard InChI is InChI=1S/C11H12N2O/c12-9-4-6-14-11-8(9)2-1-7-3-5-13-10(7)11/h1-3,5,9,13H,4,6,12H2/t9-/m1/s1. The first-order valence-electron chi connectivity index (χ1n) is 4.84. The molecule has 0 spiro atoms. The lowest BCUT2D eigenvalue weighted by Gasteiger charge is -2.23. The molecule has 3 rings (SSSR count). The van der Waals surface area contributed by atoms with Gasteiger partial charge in [0.15, 0.2) is 0 Å². The monoisotopic (exact) mass is 188 g/mol. The minimum absolute atomic E-state index is 0.117. The number of benzene rings is 1. The van der Waals surface area contributed by atoms with E-state index in [2.05, 4.69) is 17.1 Å². The molecule has 0 unspecified atom stereocenters. The lowest BCUT2D eigenvalue weighted by Crippen LogP contribution is -2.20. The maximum absolute atomic E-state index is 6.01. The van der Waals surface area contributed by atoms with Gasteiger partial charge in [0.1, 0.15) is 5.75 Å². The highest BCUT2D eigenvalue weighted by Gasteiger charge is 2.20. The number of nitrogens with two attached hydrogens (primary N) is 1. The summed E-state index contributed by atoms with van der Waals surface area (Å²) in [6.07, 6.45) is 2.83. The van der Waals surface area contributed by atoms with Crippen molar-refractivity contribution in [2.24, 2.45) is 5.73 Å². The fourth-order valence-electron chi connectivity index (χ4n) is 2.01. The van der Waals surface area contributed by atoms with Crippen molar-refractivity contribution in [1.29, 1.82) is 0 Å². The molecule has 3 nitrogen and oxygen atoms in total. The molecule has 2 heterocycles. The lowest BCUT2D eigenvalue weighted by molar-refractivity contribution is 0.272. The molecule has 1 aliphatic rings. The predicted octanol–water partition coefficient (Wildman–Crippen LogP) is 1.95. The Balaban J connectivity index is 2.32. The van der Waals surface area contributed by atoms with E-state index < -0.39 is 0 Å². The van der Waals surface area contributed by atoms with Crippen molar-refractivity contribution in [2.45, 2.75) is 12.5 Å². The summed E-state index contributed by atoms with van der Waals surface area (Å²) < 4.78 is 5.65. The zero-order valence-corrected chi connectivity index (χ0v) is 7.79. The number of nitrogens with one attached hydrogen (secondary N) is 1. The van der Waals surface area contributed by atoms with Crippen LogP contribution >= 0.6 is 0 Å². The number of rotatable bonds is 0. The second-order valence-electron chi connectivity index (χ2n) is 3.67. The molecule has 1 aromatic carbocycles. The Morgan fingerprint density at radius 3 is 3.21 bits per heavy atom. The molecule has 2 aromatic rings. The maximum atomic E-state index is 6.01. The van der Waals surface area contributed by atoms with Crippen LogP contribution in [0.2, 0.25) is 0 Å². The zero-order chi connectivity index (χ0) is 9.54. The second kappa shape index (κ2) is 2.75. The van der Waals surface area contributed by atoms with E-state index in [1.165, 1.54) is 5.39 Å². The molecule has 1 atom stereocenters. The highest BCUT2D eigenvalue weighted by Crippen LogP contribution is 2.36. The molecule has 0 bridgehead atoms. The smallest absolute Gasteiger partial charge is 0.148 e. The van der Waals surface area contributed by atoms with Gasteiger partial charge in [-0.25, -0.2) is 0 Å². The fraction of sp³-hybridized carbons (Fsp3) is 0.273. The number of fused-ring (bicyclic) bond motifs is 3. The van der Waals surface area contributed by atoms with Crippen LogP contribution in [0.15, 0.2) is 24.4 Å². The van der Waals surface area contributed by atoms with Gasteiger partial charge in [-0.15, -0.1) is 0 Å². The number of hydrogen-bond donors (Lipinski definition) is 2. The Morgan fingerprint density at radius 2 is 2.29 bits per heavy atom. The van der Waals surface area contributed by atoms with Crippen molar-refractivity contribution >= 4 is 10.9 Å². The van der Waals surface area contributed by atoms with Crippen LogP contribution in [-0.4, -0.2) is 11.6 Å². The van der Waals surface area contributed by atoms with Crippen LogP contribution in [0.5, 0.6) is 5.75 Å². The van der Waals surface area contributed by atoms with Crippen LogP contribution in [0.4, 0.5) is 0 Å². The topological polar surface area (TPSA) is 51.0 Å². The summed E-state index contributed by atoms with van der Waals surface area (Å²) in [5.74, 6) is 0.936. The summed E-state index contributed by atoms with van der Waals surface area (Å²) in [5.41, 5.74) is 8.20. The molecule has 3 heteroatoms. The number of aromatic amines is 1. The summed E-state index contributed by atoms with van der Waals surface area (Å²) in [5, 5.41) is 1.18. The molecule has 1 aromatic heterocycles. The highest BCUT2D eigenvalue weighted by atomic mass is 16.5. The average Bonchev–Trinajstić information content (AvgIpc) is 2.66. The van der Waals surface area contributed by atoms with Gasteiger partial charge in [0.25, 0.3) is 0 Å². The summed E-state index contributed by atoms with van der Waals surface area (Å²) >= 11 is 0. The predicted molar refractivity (Wildman–Crippen MR) is 55.3 cm³/mol. The molecule has 0 radical (unpaired) electrons. The van der Waals surface area contributed by atoms with Gasteiger partial charge in [-0.2, -0.15) is 0 Å². The van der Waals surface area contributed by atoms with Gasteiger partial charge in [0.2, 0.25) is 0 Å². The Morgan fingerprint density at radius 1 is 1.36 bits per heavy atom. The van der Waals surface area contributed by atoms with Gasteiger partial charge < -0.3 is 15.5 Å². The second-order valence-corrected chi connectivity index (χ2v) is 3.67. The number of hydrogen-bond acceptors (Lipinski definition) is 2. The van der Waals surface area contributed by atoms with Crippen molar-refractivity contribution in [1.82, 2.24) is 4.98 Å². The van der Waals surface area contributed by atoms with E-state index in [4.69, 9.17) is 10.5 Å². The minimum Gasteiger partial charge on any atom is -0.491 e. The molecule has 0 saturated heterocycles. The van der Waals surface area contributed by atoms with E-state index in [1.54, 1.807) is 0 Å². The van der Waals surface area contributed by atoms with Crippen LogP contribution in [0.3, 0.4) is 0 Å². The van der Waals surface area contributed by atoms with E-state index in [1.807, 2.05) is 12.3 Å². The van der Waals surface area contributed by atoms with Gasteiger partial charge in [-0.05, 0) is 6.07 Å². The van der Waals surface area contributed by atoms with Crippen LogP contribution in [-0.2, 0) is 0 Å². The SMILES string of the molecule is N[C@@H]1CCOc2c1ccc1cc[nH]c21. The molecule has 0 amide bonds. The molecule has 0 aliphatic carbocycles. The first-order chi connectivity index (χ1) is 6.86. The Hall–Kier alpha value is -1.48. The Labute approximate surface area is 81.9 Å². The number of H-pyrrole nitrogens is 1. The van der Waals surface area contributed by atoms with E-state index in [9.17, 15) is 0 Å². The average molecular weight is 188 g/mol. The van der Waals surface area contributed by atoms with Crippen LogP contribution < -0.4 is 10.5 Å². The Bertz CT molecular complexity index is 475. The molecule has 1 aliphatic heterocycles. The van der Waals surface area contributed by atoms with Crippen molar-refractivity contribution in [2.75, 3.05) is 6.61 Å². The van der Waals surface area contributed by atoms with Crippen LogP contribution in [0.1, 0.15) is 18.0 Å². The van der Waals surface area contributed by atoms with Gasteiger partial charge in [-0.3, -0.25) is 0 Å². The third-order valence-corrected chi connectivity index (χ3v) is 2.79. The van der Waals surface area contributed by atoms with Crippen molar-refractivity contribution < 1.29 is 4.74 Å². The number of aromatic nitrogens is 1. The van der Waals surface area contributed by atoms with E-state index in [0.29, 0.717) is 6.61 Å². The van der Waals surface area contributed by atoms with Crippen LogP contribution in [0.25, 0.3) is 10.9 Å². The third kappa shape index (κ3) is 0.960. The molecular formula is C11H12N2O. The molecule has 0 fully saturated rings. The normalized spacial score (nSPS) is 20.5. The summed E-state index contributed by atoms with van der Waals surface area (Å²) in [6.45, 7) is 0.715. The first kappa shape index (κ1) is 7.88. The van der Waals surface area contributed by atoms with Crippen molar-refractivity contribution in [3.63, 3.8) is 0 Å². The highest BCUT2D eigenvalue weighted by molar-refractivity contribution is 5.86. The summed E-state index contributed by atoms with van der Waals surface area (Å²) in [4.78, 5) is 3.19. The van der Waals surface area contributed by atoms with Crippen molar-refractivity contribution in [3.8, 4) is 5.75 Å². The van der Waals surface area contributed by atoms with Gasteiger partial charge >= 0.3 is 0 Å². The molecule has 72 valence electrons. The summed E-state index contributed by atoms with van der Waals surface area (Å²) in [7, 11) is 0. The molecule has 0 saturated carbocycles. The van der Waals surface area contributed by atoms with Gasteiger partial charge in [-0.1, -0.05) is 12.1 Å². The minimum atomic E-state index is 0.117. The van der Waals surface area contributed by atoms with Gasteiger partial charge in [0.05, 0.1) is 12.1 Å². The quantitative estimate of drug-likeness (QED) is 0.664. The maximum Gasteiger partial charge on any atom is 0.148 e.